The number of amides is 1. The van der Waals surface area contributed by atoms with Gasteiger partial charge < -0.3 is 20.1 Å². The number of rotatable bonds is 9. The second kappa shape index (κ2) is 11.3. The van der Waals surface area contributed by atoms with Gasteiger partial charge in [0.05, 0.1) is 10.6 Å². The number of H-pyrrole nitrogens is 1. The van der Waals surface area contributed by atoms with Crippen molar-refractivity contribution in [2.45, 2.75) is 13.0 Å². The van der Waals surface area contributed by atoms with Crippen molar-refractivity contribution in [1.29, 1.82) is 5.26 Å². The van der Waals surface area contributed by atoms with E-state index in [9.17, 15) is 14.9 Å². The van der Waals surface area contributed by atoms with Gasteiger partial charge in [0.15, 0.2) is 0 Å². The number of carbonyl (C=O) groups is 2. The first kappa shape index (κ1) is 24.6. The van der Waals surface area contributed by atoms with Gasteiger partial charge in [-0.05, 0) is 59.5 Å². The number of halogens is 1. The number of aromatic carboxylic acids is 1. The number of benzene rings is 3. The Morgan fingerprint density at radius 1 is 1.11 bits per heavy atom. The quantitative estimate of drug-likeness (QED) is 0.212. The number of aromatic nitrogens is 1. The molecule has 1 amide bonds. The number of aromatic amines is 1. The fourth-order valence-corrected chi connectivity index (χ4v) is 3.98. The Bertz CT molecular complexity index is 1500. The molecule has 4 aromatic rings. The van der Waals surface area contributed by atoms with Crippen molar-refractivity contribution < 1.29 is 19.4 Å². The van der Waals surface area contributed by atoms with Crippen molar-refractivity contribution in [3.8, 4) is 11.8 Å². The minimum Gasteiger partial charge on any atom is -0.487 e. The highest BCUT2D eigenvalue weighted by atomic mass is 35.5. The molecular formula is C28H22ClN3O4. The van der Waals surface area contributed by atoms with E-state index in [1.54, 1.807) is 30.3 Å². The van der Waals surface area contributed by atoms with E-state index in [1.165, 1.54) is 18.2 Å². The van der Waals surface area contributed by atoms with Gasteiger partial charge in [0.2, 0.25) is 0 Å². The Balaban J connectivity index is 1.36. The molecule has 7 nitrogen and oxygen atoms in total. The first-order chi connectivity index (χ1) is 17.4. The molecule has 8 heteroatoms. The predicted molar refractivity (Wildman–Crippen MR) is 138 cm³/mol. The monoisotopic (exact) mass is 499 g/mol. The van der Waals surface area contributed by atoms with Crippen LogP contribution in [0.2, 0.25) is 5.02 Å². The lowest BCUT2D eigenvalue weighted by molar-refractivity contribution is -0.117. The van der Waals surface area contributed by atoms with E-state index in [2.05, 4.69) is 10.3 Å². The highest BCUT2D eigenvalue weighted by Crippen LogP contribution is 2.27. The summed E-state index contributed by atoms with van der Waals surface area (Å²) in [5.41, 5.74) is 3.52. The third kappa shape index (κ3) is 5.93. The fourth-order valence-electron chi connectivity index (χ4n) is 3.74. The summed E-state index contributed by atoms with van der Waals surface area (Å²) < 4.78 is 5.72. The van der Waals surface area contributed by atoms with E-state index < -0.39 is 11.9 Å². The number of nitriles is 1. The van der Waals surface area contributed by atoms with Crippen LogP contribution in [0.3, 0.4) is 0 Å². The number of para-hydroxylation sites is 1. The van der Waals surface area contributed by atoms with Crippen LogP contribution in [0.1, 0.15) is 27.0 Å². The van der Waals surface area contributed by atoms with Gasteiger partial charge in [-0.15, -0.1) is 0 Å². The van der Waals surface area contributed by atoms with Crippen LogP contribution in [0.15, 0.2) is 78.5 Å². The van der Waals surface area contributed by atoms with Gasteiger partial charge in [0.25, 0.3) is 5.91 Å². The zero-order valence-electron chi connectivity index (χ0n) is 19.1. The Hall–Kier alpha value is -4.54. The molecule has 0 saturated carbocycles. The second-order valence-corrected chi connectivity index (χ2v) is 8.43. The Morgan fingerprint density at radius 2 is 1.94 bits per heavy atom. The molecule has 36 heavy (non-hydrogen) atoms. The van der Waals surface area contributed by atoms with Gasteiger partial charge in [-0.25, -0.2) is 4.79 Å². The summed E-state index contributed by atoms with van der Waals surface area (Å²) >= 11 is 6.34. The van der Waals surface area contributed by atoms with Crippen LogP contribution in [-0.4, -0.2) is 28.5 Å². The standard InChI is InChI=1S/C28H22ClN3O4/c29-24-14-18(8-9-26(24)36-17-19-4-3-5-20(13-19)28(34)35)12-22(15-30)27(33)31-11-10-21-16-32-25-7-2-1-6-23(21)25/h1-9,12-14,16,32H,10-11,17H2,(H,31,33)(H,34,35)/b22-12-. The van der Waals surface area contributed by atoms with Crippen molar-refractivity contribution in [3.05, 3.63) is 106 Å². The lowest BCUT2D eigenvalue weighted by Crippen LogP contribution is -2.26. The molecule has 0 saturated heterocycles. The number of fused-ring (bicyclic) bond motifs is 1. The van der Waals surface area contributed by atoms with E-state index in [0.717, 1.165) is 16.5 Å². The zero-order chi connectivity index (χ0) is 25.5. The van der Waals surface area contributed by atoms with Crippen LogP contribution in [0.5, 0.6) is 5.75 Å². The number of carboxylic acids is 1. The van der Waals surface area contributed by atoms with Crippen LogP contribution < -0.4 is 10.1 Å². The largest absolute Gasteiger partial charge is 0.487 e. The Labute approximate surface area is 212 Å². The molecule has 0 aliphatic rings. The minimum atomic E-state index is -1.01. The molecule has 0 unspecified atom stereocenters. The van der Waals surface area contributed by atoms with Gasteiger partial charge in [0.1, 0.15) is 24.0 Å². The average molecular weight is 500 g/mol. The summed E-state index contributed by atoms with van der Waals surface area (Å²) in [4.78, 5) is 26.9. The second-order valence-electron chi connectivity index (χ2n) is 8.02. The van der Waals surface area contributed by atoms with Gasteiger partial charge >= 0.3 is 5.97 Å². The number of hydrogen-bond donors (Lipinski definition) is 3. The molecule has 180 valence electrons. The number of hydrogen-bond acceptors (Lipinski definition) is 4. The van der Waals surface area contributed by atoms with Crippen LogP contribution in [-0.2, 0) is 17.8 Å². The smallest absolute Gasteiger partial charge is 0.335 e. The summed E-state index contributed by atoms with van der Waals surface area (Å²) in [5, 5.41) is 22.8. The molecule has 0 radical (unpaired) electrons. The zero-order valence-corrected chi connectivity index (χ0v) is 19.9. The Morgan fingerprint density at radius 3 is 2.72 bits per heavy atom. The van der Waals surface area contributed by atoms with E-state index in [-0.39, 0.29) is 17.7 Å². The molecule has 4 rings (SSSR count). The highest BCUT2D eigenvalue weighted by molar-refractivity contribution is 6.32. The maximum atomic E-state index is 12.5. The normalized spacial score (nSPS) is 11.2. The van der Waals surface area contributed by atoms with E-state index in [0.29, 0.717) is 34.9 Å². The SMILES string of the molecule is N#C/C(=C/c1ccc(OCc2cccc(C(=O)O)c2)c(Cl)c1)C(=O)NCCc1c[nH]c2ccccc12. The van der Waals surface area contributed by atoms with Crippen LogP contribution in [0.25, 0.3) is 17.0 Å². The molecule has 3 N–H and O–H groups in total. The first-order valence-electron chi connectivity index (χ1n) is 11.1. The fraction of sp³-hybridized carbons (Fsp3) is 0.107. The van der Waals surface area contributed by atoms with Crippen LogP contribution in [0.4, 0.5) is 0 Å². The number of nitrogens with zero attached hydrogens (tertiary/aromatic N) is 1. The number of ether oxygens (including phenoxy) is 1. The molecule has 0 aliphatic carbocycles. The van der Waals surface area contributed by atoms with Crippen LogP contribution in [0, 0.1) is 11.3 Å². The number of carboxylic acid groups (broad SMARTS) is 1. The van der Waals surface area contributed by atoms with E-state index in [1.807, 2.05) is 36.5 Å². The van der Waals surface area contributed by atoms with Gasteiger partial charge in [0, 0.05) is 23.6 Å². The van der Waals surface area contributed by atoms with Gasteiger partial charge in [-0.3, -0.25) is 4.79 Å². The molecule has 3 aromatic carbocycles. The lowest BCUT2D eigenvalue weighted by atomic mass is 10.1. The first-order valence-corrected chi connectivity index (χ1v) is 11.5. The number of nitrogens with one attached hydrogen (secondary N) is 2. The van der Waals surface area contributed by atoms with Crippen LogP contribution >= 0.6 is 11.6 Å². The summed E-state index contributed by atoms with van der Waals surface area (Å²) in [6, 6.07) is 21.2. The van der Waals surface area contributed by atoms with Crippen molar-refractivity contribution >= 4 is 40.5 Å². The van der Waals surface area contributed by atoms with Crippen molar-refractivity contribution in [2.75, 3.05) is 6.54 Å². The van der Waals surface area contributed by atoms with Gasteiger partial charge in [-0.2, -0.15) is 5.26 Å². The average Bonchev–Trinajstić information content (AvgIpc) is 3.30. The summed E-state index contributed by atoms with van der Waals surface area (Å²) in [5.74, 6) is -1.08. The van der Waals surface area contributed by atoms with Crippen molar-refractivity contribution in [3.63, 3.8) is 0 Å². The van der Waals surface area contributed by atoms with Crippen molar-refractivity contribution in [2.24, 2.45) is 0 Å². The molecule has 1 aromatic heterocycles. The maximum absolute atomic E-state index is 12.5. The molecule has 0 spiro atoms. The molecular weight excluding hydrogens is 478 g/mol. The topological polar surface area (TPSA) is 115 Å². The third-order valence-corrected chi connectivity index (χ3v) is 5.85. The summed E-state index contributed by atoms with van der Waals surface area (Å²) in [7, 11) is 0. The Kier molecular flexibility index (Phi) is 7.69. The minimum absolute atomic E-state index is 0.0378. The molecule has 0 bridgehead atoms. The van der Waals surface area contributed by atoms with Gasteiger partial charge in [-0.1, -0.05) is 48.0 Å². The summed E-state index contributed by atoms with van der Waals surface area (Å²) in [6.07, 6.45) is 4.01. The third-order valence-electron chi connectivity index (χ3n) is 5.56. The molecule has 1 heterocycles. The maximum Gasteiger partial charge on any atom is 0.335 e. The van der Waals surface area contributed by atoms with E-state index in [4.69, 9.17) is 21.4 Å². The molecule has 0 atom stereocenters. The molecule has 0 fully saturated rings. The number of carbonyl (C=O) groups excluding carboxylic acids is 1. The molecule has 0 aliphatic heterocycles. The predicted octanol–water partition coefficient (Wildman–Crippen LogP) is 5.36. The van der Waals surface area contributed by atoms with E-state index >= 15 is 0 Å². The highest BCUT2D eigenvalue weighted by Gasteiger charge is 2.11. The summed E-state index contributed by atoms with van der Waals surface area (Å²) in [6.45, 7) is 0.522. The van der Waals surface area contributed by atoms with Crippen molar-refractivity contribution in [1.82, 2.24) is 10.3 Å². The lowest BCUT2D eigenvalue weighted by Gasteiger charge is -2.09.